The lowest BCUT2D eigenvalue weighted by Gasteiger charge is -2.19. The van der Waals surface area contributed by atoms with Crippen LogP contribution in [0.4, 0.5) is 5.69 Å². The predicted molar refractivity (Wildman–Crippen MR) is 99.6 cm³/mol. The van der Waals surface area contributed by atoms with Gasteiger partial charge in [-0.3, -0.25) is 0 Å². The summed E-state index contributed by atoms with van der Waals surface area (Å²) >= 11 is 6.07. The Labute approximate surface area is 148 Å². The molecule has 0 aliphatic rings. The van der Waals surface area contributed by atoms with Crippen molar-refractivity contribution in [2.24, 2.45) is 0 Å². The number of rotatable bonds is 6. The van der Waals surface area contributed by atoms with Crippen LogP contribution in [0.5, 0.6) is 17.4 Å². The van der Waals surface area contributed by atoms with Crippen LogP contribution in [0.1, 0.15) is 43.5 Å². The second kappa shape index (κ2) is 7.75. The first-order valence-electron chi connectivity index (χ1n) is 8.27. The minimum Gasteiger partial charge on any atom is -0.502 e. The number of benzene rings is 1. The van der Waals surface area contributed by atoms with Gasteiger partial charge in [0, 0.05) is 16.8 Å². The Bertz CT molecular complexity index is 705. The largest absolute Gasteiger partial charge is 0.502 e. The van der Waals surface area contributed by atoms with E-state index in [-0.39, 0.29) is 11.6 Å². The topological polar surface area (TPSA) is 54.4 Å². The Hall–Kier alpha value is -1.94. The number of nitrogens with one attached hydrogen (secondary N) is 1. The first-order valence-corrected chi connectivity index (χ1v) is 8.65. The third-order valence-electron chi connectivity index (χ3n) is 4.06. The van der Waals surface area contributed by atoms with Crippen molar-refractivity contribution in [3.05, 3.63) is 40.0 Å². The maximum absolute atomic E-state index is 10.6. The van der Waals surface area contributed by atoms with Crippen molar-refractivity contribution >= 4 is 17.3 Å². The maximum Gasteiger partial charge on any atom is 0.264 e. The predicted octanol–water partition coefficient (Wildman–Crippen LogP) is 5.76. The SMILES string of the molecule is CCC(CC)Nc1cc(C)nc(Oc2c(C)cc(Cl)cc2C)c1O. The molecule has 1 aromatic heterocycles. The van der Waals surface area contributed by atoms with Crippen LogP contribution in [0, 0.1) is 20.8 Å². The van der Waals surface area contributed by atoms with E-state index in [0.29, 0.717) is 22.5 Å². The van der Waals surface area contributed by atoms with Crippen LogP contribution in [0.25, 0.3) is 0 Å². The highest BCUT2D eigenvalue weighted by Crippen LogP contribution is 2.39. The van der Waals surface area contributed by atoms with E-state index < -0.39 is 0 Å². The molecule has 0 atom stereocenters. The molecule has 24 heavy (non-hydrogen) atoms. The highest BCUT2D eigenvalue weighted by molar-refractivity contribution is 6.30. The molecular weight excluding hydrogens is 324 g/mol. The number of anilines is 1. The van der Waals surface area contributed by atoms with Crippen LogP contribution in [0.3, 0.4) is 0 Å². The molecule has 2 N–H and O–H groups in total. The molecule has 1 aromatic carbocycles. The van der Waals surface area contributed by atoms with Gasteiger partial charge >= 0.3 is 0 Å². The fraction of sp³-hybridized carbons (Fsp3) is 0.421. The molecule has 130 valence electrons. The molecule has 1 heterocycles. The minimum absolute atomic E-state index is 0.0289. The lowest BCUT2D eigenvalue weighted by atomic mass is 10.1. The van der Waals surface area contributed by atoms with Gasteiger partial charge in [0.15, 0.2) is 0 Å². The zero-order valence-electron chi connectivity index (χ0n) is 14.9. The van der Waals surface area contributed by atoms with Crippen molar-refractivity contribution in [2.75, 3.05) is 5.32 Å². The number of aryl methyl sites for hydroxylation is 3. The Balaban J connectivity index is 2.39. The molecule has 0 amide bonds. The molecule has 4 nitrogen and oxygen atoms in total. The molecule has 0 aliphatic heterocycles. The molecule has 0 unspecified atom stereocenters. The van der Waals surface area contributed by atoms with Crippen LogP contribution in [0.2, 0.25) is 5.02 Å². The summed E-state index contributed by atoms with van der Waals surface area (Å²) in [5.74, 6) is 0.902. The van der Waals surface area contributed by atoms with E-state index in [2.05, 4.69) is 24.1 Å². The van der Waals surface area contributed by atoms with Crippen LogP contribution in [-0.2, 0) is 0 Å². The van der Waals surface area contributed by atoms with Crippen molar-refractivity contribution < 1.29 is 9.84 Å². The van der Waals surface area contributed by atoms with Gasteiger partial charge in [-0.25, -0.2) is 4.98 Å². The van der Waals surface area contributed by atoms with E-state index in [1.165, 1.54) is 0 Å². The zero-order chi connectivity index (χ0) is 17.9. The Morgan fingerprint density at radius 1 is 1.12 bits per heavy atom. The normalized spacial score (nSPS) is 11.0. The van der Waals surface area contributed by atoms with E-state index >= 15 is 0 Å². The Kier molecular flexibility index (Phi) is 5.94. The van der Waals surface area contributed by atoms with E-state index in [1.54, 1.807) is 0 Å². The Morgan fingerprint density at radius 3 is 2.25 bits per heavy atom. The molecular formula is C19H25ClN2O2. The molecule has 0 spiro atoms. The van der Waals surface area contributed by atoms with Crippen LogP contribution in [-0.4, -0.2) is 16.1 Å². The summed E-state index contributed by atoms with van der Waals surface area (Å²) < 4.78 is 5.94. The molecule has 2 rings (SSSR count). The molecule has 0 saturated carbocycles. The van der Waals surface area contributed by atoms with Gasteiger partial charge in [0.1, 0.15) is 5.75 Å². The first-order chi connectivity index (χ1) is 11.3. The van der Waals surface area contributed by atoms with E-state index in [0.717, 1.165) is 29.7 Å². The fourth-order valence-corrected chi connectivity index (χ4v) is 3.01. The summed E-state index contributed by atoms with van der Waals surface area (Å²) in [5, 5.41) is 14.6. The van der Waals surface area contributed by atoms with Crippen molar-refractivity contribution in [3.8, 4) is 17.4 Å². The average Bonchev–Trinajstić information content (AvgIpc) is 2.52. The van der Waals surface area contributed by atoms with Crippen molar-refractivity contribution in [2.45, 2.75) is 53.5 Å². The van der Waals surface area contributed by atoms with E-state index in [4.69, 9.17) is 16.3 Å². The monoisotopic (exact) mass is 348 g/mol. The van der Waals surface area contributed by atoms with Gasteiger partial charge in [-0.2, -0.15) is 0 Å². The van der Waals surface area contributed by atoms with Crippen LogP contribution < -0.4 is 10.1 Å². The van der Waals surface area contributed by atoms with Gasteiger partial charge in [0.2, 0.25) is 5.75 Å². The third kappa shape index (κ3) is 4.12. The van der Waals surface area contributed by atoms with Gasteiger partial charge < -0.3 is 15.2 Å². The number of aromatic nitrogens is 1. The van der Waals surface area contributed by atoms with Gasteiger partial charge in [0.05, 0.1) is 5.69 Å². The molecule has 0 aliphatic carbocycles. The zero-order valence-corrected chi connectivity index (χ0v) is 15.7. The summed E-state index contributed by atoms with van der Waals surface area (Å²) in [4.78, 5) is 4.35. The second-order valence-corrected chi connectivity index (χ2v) is 6.53. The number of nitrogens with zero attached hydrogens (tertiary/aromatic N) is 1. The molecule has 0 saturated heterocycles. The van der Waals surface area contributed by atoms with E-state index in [1.807, 2.05) is 39.0 Å². The number of hydrogen-bond acceptors (Lipinski definition) is 4. The van der Waals surface area contributed by atoms with Gasteiger partial charge in [-0.05, 0) is 62.9 Å². The second-order valence-electron chi connectivity index (χ2n) is 6.09. The average molecular weight is 349 g/mol. The summed E-state index contributed by atoms with van der Waals surface area (Å²) in [6, 6.07) is 5.80. The number of pyridine rings is 1. The van der Waals surface area contributed by atoms with Crippen LogP contribution >= 0.6 is 11.6 Å². The number of ether oxygens (including phenoxy) is 1. The van der Waals surface area contributed by atoms with E-state index in [9.17, 15) is 5.11 Å². The highest BCUT2D eigenvalue weighted by atomic mass is 35.5. The van der Waals surface area contributed by atoms with Gasteiger partial charge in [0.25, 0.3) is 5.88 Å². The Morgan fingerprint density at radius 2 is 1.71 bits per heavy atom. The van der Waals surface area contributed by atoms with Crippen molar-refractivity contribution in [1.29, 1.82) is 0 Å². The van der Waals surface area contributed by atoms with Crippen molar-refractivity contribution in [1.82, 2.24) is 4.98 Å². The minimum atomic E-state index is 0.0289. The third-order valence-corrected chi connectivity index (χ3v) is 4.28. The molecule has 0 bridgehead atoms. The smallest absolute Gasteiger partial charge is 0.264 e. The van der Waals surface area contributed by atoms with Gasteiger partial charge in [-0.15, -0.1) is 0 Å². The number of aromatic hydroxyl groups is 1. The van der Waals surface area contributed by atoms with Gasteiger partial charge in [-0.1, -0.05) is 25.4 Å². The molecule has 5 heteroatoms. The summed E-state index contributed by atoms with van der Waals surface area (Å²) in [7, 11) is 0. The lowest BCUT2D eigenvalue weighted by molar-refractivity contribution is 0.394. The van der Waals surface area contributed by atoms with Crippen LogP contribution in [0.15, 0.2) is 18.2 Å². The van der Waals surface area contributed by atoms with Crippen molar-refractivity contribution in [3.63, 3.8) is 0 Å². The molecule has 0 fully saturated rings. The molecule has 2 aromatic rings. The quantitative estimate of drug-likeness (QED) is 0.697. The molecule has 0 radical (unpaired) electrons. The maximum atomic E-state index is 10.6. The number of hydrogen-bond donors (Lipinski definition) is 2. The first kappa shape index (κ1) is 18.4. The summed E-state index contributed by atoms with van der Waals surface area (Å²) in [6.07, 6.45) is 1.95. The number of halogens is 1. The standard InChI is InChI=1S/C19H25ClN2O2/c1-6-15(7-2)22-16-10-13(5)21-19(17(16)23)24-18-11(3)8-14(20)9-12(18)4/h8-10,15,23H,6-7H2,1-5H3,(H,21,22). The highest BCUT2D eigenvalue weighted by Gasteiger charge is 2.17. The lowest BCUT2D eigenvalue weighted by Crippen LogP contribution is -2.17. The summed E-state index contributed by atoms with van der Waals surface area (Å²) in [6.45, 7) is 9.95. The summed E-state index contributed by atoms with van der Waals surface area (Å²) in [5.41, 5.74) is 3.23. The fourth-order valence-electron chi connectivity index (χ4n) is 2.69.